The monoisotopic (exact) mass is 394 g/mol. The van der Waals surface area contributed by atoms with Crippen LogP contribution < -0.4 is 10.6 Å². The number of benzene rings is 1. The van der Waals surface area contributed by atoms with Crippen LogP contribution in [-0.2, 0) is 13.0 Å². The van der Waals surface area contributed by atoms with Gasteiger partial charge >= 0.3 is 0 Å². The van der Waals surface area contributed by atoms with Crippen LogP contribution in [0.25, 0.3) is 0 Å². The highest BCUT2D eigenvalue weighted by Gasteiger charge is 2.27. The summed E-state index contributed by atoms with van der Waals surface area (Å²) in [5, 5.41) is 14.6. The molecule has 0 aliphatic carbocycles. The van der Waals surface area contributed by atoms with E-state index in [4.69, 9.17) is 5.26 Å². The number of nitrogens with one attached hydrogen (secondary N) is 2. The number of hydrogen-bond donors (Lipinski definition) is 2. The molecule has 0 spiro atoms. The summed E-state index contributed by atoms with van der Waals surface area (Å²) < 4.78 is 1.86. The van der Waals surface area contributed by atoms with Crippen LogP contribution in [0.3, 0.4) is 0 Å². The minimum atomic E-state index is -0.357. The van der Waals surface area contributed by atoms with Crippen molar-refractivity contribution in [2.75, 3.05) is 32.5 Å². The molecule has 1 aromatic carbocycles. The second kappa shape index (κ2) is 9.34. The van der Waals surface area contributed by atoms with Crippen molar-refractivity contribution in [3.8, 4) is 6.07 Å². The summed E-state index contributed by atoms with van der Waals surface area (Å²) in [6, 6.07) is 8.68. The Balaban J connectivity index is 1.75. The molecule has 8 nitrogen and oxygen atoms in total. The fourth-order valence-corrected chi connectivity index (χ4v) is 3.39. The van der Waals surface area contributed by atoms with Crippen LogP contribution in [0.2, 0.25) is 0 Å². The number of anilines is 1. The molecule has 1 aliphatic heterocycles. The summed E-state index contributed by atoms with van der Waals surface area (Å²) in [5.74, 6) is -0.334. The highest BCUT2D eigenvalue weighted by atomic mass is 16.2. The van der Waals surface area contributed by atoms with Gasteiger partial charge in [0.05, 0.1) is 17.3 Å². The number of nitrogens with zero attached hydrogens (tertiary/aromatic N) is 4. The van der Waals surface area contributed by atoms with E-state index in [1.54, 1.807) is 24.3 Å². The largest absolute Gasteiger partial charge is 0.351 e. The fourth-order valence-electron chi connectivity index (χ4n) is 3.39. The van der Waals surface area contributed by atoms with Crippen molar-refractivity contribution >= 4 is 17.5 Å². The minimum absolute atomic E-state index is 0.230. The molecule has 0 atom stereocenters. The lowest BCUT2D eigenvalue weighted by Gasteiger charge is -2.17. The van der Waals surface area contributed by atoms with Crippen molar-refractivity contribution in [2.24, 2.45) is 0 Å². The van der Waals surface area contributed by atoms with Gasteiger partial charge in [0.25, 0.3) is 11.8 Å². The lowest BCUT2D eigenvalue weighted by molar-refractivity contribution is 0.0946. The third-order valence-corrected chi connectivity index (χ3v) is 4.88. The molecule has 2 heterocycles. The highest BCUT2D eigenvalue weighted by Crippen LogP contribution is 2.22. The maximum Gasteiger partial charge on any atom is 0.291 e. The summed E-state index contributed by atoms with van der Waals surface area (Å²) in [4.78, 5) is 32.0. The molecule has 152 valence electrons. The predicted octanol–water partition coefficient (Wildman–Crippen LogP) is 2.02. The summed E-state index contributed by atoms with van der Waals surface area (Å²) in [6.45, 7) is 2.13. The number of imidazole rings is 1. The highest BCUT2D eigenvalue weighted by molar-refractivity contribution is 6.03. The van der Waals surface area contributed by atoms with Gasteiger partial charge in [-0.05, 0) is 70.6 Å². The predicted molar refractivity (Wildman–Crippen MR) is 110 cm³/mol. The average molecular weight is 394 g/mol. The van der Waals surface area contributed by atoms with Crippen LogP contribution in [0.15, 0.2) is 24.3 Å². The standard InChI is InChI=1S/C21H26N6O2/c1-26(2)12-5-11-23-20(28)18-17-6-3-4-13-27(17)19(25-18)21(29)24-16-9-7-15(14-22)8-10-16/h7-10H,3-6,11-13H2,1-2H3,(H,23,28)(H,24,29). The first-order valence-electron chi connectivity index (χ1n) is 9.83. The zero-order chi connectivity index (χ0) is 20.8. The minimum Gasteiger partial charge on any atom is -0.351 e. The molecular formula is C21H26N6O2. The first-order chi connectivity index (χ1) is 14.0. The van der Waals surface area contributed by atoms with Gasteiger partial charge in [-0.3, -0.25) is 9.59 Å². The van der Waals surface area contributed by atoms with Gasteiger partial charge in [0.1, 0.15) is 5.69 Å². The molecule has 1 aliphatic rings. The molecule has 2 aromatic rings. The molecule has 0 bridgehead atoms. The van der Waals surface area contributed by atoms with Crippen molar-refractivity contribution in [3.63, 3.8) is 0 Å². The van der Waals surface area contributed by atoms with Crippen LogP contribution in [-0.4, -0.2) is 53.5 Å². The van der Waals surface area contributed by atoms with Gasteiger partial charge in [0.15, 0.2) is 5.82 Å². The third kappa shape index (κ3) is 5.00. The molecule has 0 radical (unpaired) electrons. The Morgan fingerprint density at radius 1 is 1.21 bits per heavy atom. The van der Waals surface area contributed by atoms with Crippen molar-refractivity contribution in [2.45, 2.75) is 32.2 Å². The number of aromatic nitrogens is 2. The maximum atomic E-state index is 12.8. The van der Waals surface area contributed by atoms with E-state index in [-0.39, 0.29) is 17.6 Å². The summed E-state index contributed by atoms with van der Waals surface area (Å²) in [6.07, 6.45) is 3.51. The van der Waals surface area contributed by atoms with E-state index < -0.39 is 0 Å². The third-order valence-electron chi connectivity index (χ3n) is 4.88. The fraction of sp³-hybridized carbons (Fsp3) is 0.429. The van der Waals surface area contributed by atoms with Crippen molar-refractivity contribution < 1.29 is 9.59 Å². The Morgan fingerprint density at radius 2 is 1.97 bits per heavy atom. The van der Waals surface area contributed by atoms with E-state index in [9.17, 15) is 9.59 Å². The lowest BCUT2D eigenvalue weighted by Crippen LogP contribution is -2.28. The Labute approximate surface area is 170 Å². The zero-order valence-electron chi connectivity index (χ0n) is 16.9. The van der Waals surface area contributed by atoms with Gasteiger partial charge in [-0.15, -0.1) is 0 Å². The number of amides is 2. The van der Waals surface area contributed by atoms with Crippen LogP contribution in [0.4, 0.5) is 5.69 Å². The number of rotatable bonds is 7. The van der Waals surface area contributed by atoms with E-state index in [1.807, 2.05) is 24.7 Å². The Hall–Kier alpha value is -3.18. The Kier molecular flexibility index (Phi) is 6.62. The van der Waals surface area contributed by atoms with E-state index in [0.717, 1.165) is 37.9 Å². The van der Waals surface area contributed by atoms with Crippen LogP contribution in [0, 0.1) is 11.3 Å². The number of nitriles is 1. The number of hydrogen-bond acceptors (Lipinski definition) is 5. The number of fused-ring (bicyclic) bond motifs is 1. The van der Waals surface area contributed by atoms with Gasteiger partial charge < -0.3 is 20.1 Å². The topological polar surface area (TPSA) is 103 Å². The molecule has 1 aromatic heterocycles. The zero-order valence-corrected chi connectivity index (χ0v) is 16.9. The molecule has 0 saturated heterocycles. The lowest BCUT2D eigenvalue weighted by atomic mass is 10.1. The van der Waals surface area contributed by atoms with Gasteiger partial charge in [-0.25, -0.2) is 4.98 Å². The van der Waals surface area contributed by atoms with E-state index in [2.05, 4.69) is 20.5 Å². The SMILES string of the molecule is CN(C)CCCNC(=O)c1nc(C(=O)Nc2ccc(C#N)cc2)n2c1CCCC2. The second-order valence-corrected chi connectivity index (χ2v) is 7.40. The summed E-state index contributed by atoms with van der Waals surface area (Å²) in [5.41, 5.74) is 2.28. The van der Waals surface area contributed by atoms with Crippen molar-refractivity contribution in [1.29, 1.82) is 5.26 Å². The van der Waals surface area contributed by atoms with Gasteiger partial charge in [-0.1, -0.05) is 0 Å². The Morgan fingerprint density at radius 3 is 2.66 bits per heavy atom. The quantitative estimate of drug-likeness (QED) is 0.700. The normalized spacial score (nSPS) is 12.9. The van der Waals surface area contributed by atoms with Crippen molar-refractivity contribution in [1.82, 2.24) is 19.8 Å². The number of carbonyl (C=O) groups excluding carboxylic acids is 2. The molecule has 0 unspecified atom stereocenters. The molecule has 2 amide bonds. The van der Waals surface area contributed by atoms with Gasteiger partial charge in [0, 0.05) is 18.8 Å². The van der Waals surface area contributed by atoms with Crippen LogP contribution in [0.5, 0.6) is 0 Å². The van der Waals surface area contributed by atoms with E-state index >= 15 is 0 Å². The first kappa shape index (κ1) is 20.6. The number of carbonyl (C=O) groups is 2. The van der Waals surface area contributed by atoms with E-state index in [1.165, 1.54) is 0 Å². The average Bonchev–Trinajstić information content (AvgIpc) is 3.11. The second-order valence-electron chi connectivity index (χ2n) is 7.40. The van der Waals surface area contributed by atoms with Crippen LogP contribution in [0.1, 0.15) is 51.6 Å². The Bertz CT molecular complexity index is 924. The van der Waals surface area contributed by atoms with Crippen LogP contribution >= 0.6 is 0 Å². The maximum absolute atomic E-state index is 12.8. The first-order valence-corrected chi connectivity index (χ1v) is 9.83. The van der Waals surface area contributed by atoms with Crippen molar-refractivity contribution in [3.05, 3.63) is 47.0 Å². The molecule has 2 N–H and O–H groups in total. The molecular weight excluding hydrogens is 368 g/mol. The molecule has 29 heavy (non-hydrogen) atoms. The van der Waals surface area contributed by atoms with Gasteiger partial charge in [0.2, 0.25) is 0 Å². The van der Waals surface area contributed by atoms with E-state index in [0.29, 0.717) is 30.0 Å². The van der Waals surface area contributed by atoms with Gasteiger partial charge in [-0.2, -0.15) is 5.26 Å². The summed E-state index contributed by atoms with van der Waals surface area (Å²) in [7, 11) is 3.98. The summed E-state index contributed by atoms with van der Waals surface area (Å²) >= 11 is 0. The molecule has 8 heteroatoms. The molecule has 3 rings (SSSR count). The molecule has 0 fully saturated rings. The molecule has 0 saturated carbocycles. The smallest absolute Gasteiger partial charge is 0.291 e.